The molecular weight excluding hydrogens is 457 g/mol. The monoisotopic (exact) mass is 479 g/mol. The summed E-state index contributed by atoms with van der Waals surface area (Å²) >= 11 is 1.26. The van der Waals surface area contributed by atoms with Crippen molar-refractivity contribution < 1.29 is 18.4 Å². The first-order valence-corrected chi connectivity index (χ1v) is 11.4. The Labute approximate surface area is 199 Å². The molecule has 0 radical (unpaired) electrons. The summed E-state index contributed by atoms with van der Waals surface area (Å²) in [6.45, 7) is 0.764. The quantitative estimate of drug-likeness (QED) is 0.351. The average molecular weight is 480 g/mol. The summed E-state index contributed by atoms with van der Waals surface area (Å²) in [5.74, 6) is -0.236. The Bertz CT molecular complexity index is 1210. The lowest BCUT2D eigenvalue weighted by Gasteiger charge is -2.20. The lowest BCUT2D eigenvalue weighted by molar-refractivity contribution is -0.121. The van der Waals surface area contributed by atoms with E-state index in [0.717, 1.165) is 5.56 Å². The van der Waals surface area contributed by atoms with Crippen molar-refractivity contribution in [1.82, 2.24) is 20.2 Å². The molecule has 4 aromatic rings. The third kappa shape index (κ3) is 6.48. The Balaban J connectivity index is 1.38. The number of halogens is 1. The first-order valence-electron chi connectivity index (χ1n) is 10.5. The first kappa shape index (κ1) is 23.1. The van der Waals surface area contributed by atoms with Gasteiger partial charge in [-0.05, 0) is 48.0 Å². The minimum atomic E-state index is -0.335. The molecule has 8 nitrogen and oxygen atoms in total. The second-order valence-electron chi connectivity index (χ2n) is 7.36. The van der Waals surface area contributed by atoms with Crippen LogP contribution in [0.15, 0.2) is 77.0 Å². The van der Waals surface area contributed by atoms with Crippen molar-refractivity contribution in [2.24, 2.45) is 0 Å². The molecule has 2 amide bonds. The molecule has 0 aliphatic rings. The van der Waals surface area contributed by atoms with Crippen molar-refractivity contribution in [3.63, 3.8) is 0 Å². The number of carbonyl (C=O) groups excluding carboxylic acids is 2. The molecular formula is C24H22FN5O3S. The standard InChI is InChI=1S/C24H22FN5O3S/c25-18-5-7-19(8-6-18)28-24-29-21(16-34-24)23(32)30(15-20-4-2-12-33-20)11-9-22(31)27-14-17-3-1-10-26-13-17/h1-8,10,12-13,16H,9,11,14-15H2,(H,27,31)(H,28,29). The van der Waals surface area contributed by atoms with Crippen LogP contribution in [0.25, 0.3) is 0 Å². The molecule has 0 aliphatic heterocycles. The lowest BCUT2D eigenvalue weighted by Crippen LogP contribution is -2.35. The maximum atomic E-state index is 13.2. The summed E-state index contributed by atoms with van der Waals surface area (Å²) in [5.41, 5.74) is 1.80. The number of anilines is 2. The number of hydrogen-bond donors (Lipinski definition) is 2. The van der Waals surface area contributed by atoms with Crippen molar-refractivity contribution in [2.75, 3.05) is 11.9 Å². The number of hydrogen-bond acceptors (Lipinski definition) is 7. The van der Waals surface area contributed by atoms with Gasteiger partial charge in [-0.2, -0.15) is 0 Å². The van der Waals surface area contributed by atoms with Crippen molar-refractivity contribution in [3.05, 3.63) is 95.4 Å². The Kier molecular flexibility index (Phi) is 7.61. The summed E-state index contributed by atoms with van der Waals surface area (Å²) in [5, 5.41) is 8.04. The van der Waals surface area contributed by atoms with Gasteiger partial charge in [0.15, 0.2) is 5.13 Å². The fourth-order valence-electron chi connectivity index (χ4n) is 3.12. The predicted molar refractivity (Wildman–Crippen MR) is 126 cm³/mol. The number of thiazole rings is 1. The van der Waals surface area contributed by atoms with Gasteiger partial charge in [0.25, 0.3) is 5.91 Å². The number of benzene rings is 1. The van der Waals surface area contributed by atoms with Crippen LogP contribution in [0.2, 0.25) is 0 Å². The number of rotatable bonds is 10. The first-order chi connectivity index (χ1) is 16.6. The number of carbonyl (C=O) groups is 2. The van der Waals surface area contributed by atoms with E-state index in [1.54, 1.807) is 48.1 Å². The third-order valence-corrected chi connectivity index (χ3v) is 5.61. The van der Waals surface area contributed by atoms with E-state index < -0.39 is 0 Å². The Morgan fingerprint density at radius 3 is 2.71 bits per heavy atom. The summed E-state index contributed by atoms with van der Waals surface area (Å²) in [6, 6.07) is 13.0. The predicted octanol–water partition coefficient (Wildman–Crippen LogP) is 4.36. The molecule has 0 bridgehead atoms. The van der Waals surface area contributed by atoms with E-state index in [2.05, 4.69) is 20.6 Å². The molecule has 0 unspecified atom stereocenters. The molecule has 174 valence electrons. The molecule has 0 atom stereocenters. The molecule has 3 heterocycles. The number of nitrogens with zero attached hydrogens (tertiary/aromatic N) is 3. The maximum Gasteiger partial charge on any atom is 0.273 e. The van der Waals surface area contributed by atoms with E-state index in [0.29, 0.717) is 23.1 Å². The van der Waals surface area contributed by atoms with Gasteiger partial charge in [-0.25, -0.2) is 9.37 Å². The molecule has 34 heavy (non-hydrogen) atoms. The van der Waals surface area contributed by atoms with Gasteiger partial charge >= 0.3 is 0 Å². The summed E-state index contributed by atoms with van der Waals surface area (Å²) < 4.78 is 18.5. The van der Waals surface area contributed by atoms with Gasteiger partial charge < -0.3 is 20.0 Å². The molecule has 10 heteroatoms. The largest absolute Gasteiger partial charge is 0.467 e. The minimum Gasteiger partial charge on any atom is -0.467 e. The van der Waals surface area contributed by atoms with E-state index in [4.69, 9.17) is 4.42 Å². The van der Waals surface area contributed by atoms with Gasteiger partial charge in [-0.3, -0.25) is 14.6 Å². The van der Waals surface area contributed by atoms with Crippen LogP contribution < -0.4 is 10.6 Å². The molecule has 2 N–H and O–H groups in total. The smallest absolute Gasteiger partial charge is 0.273 e. The van der Waals surface area contributed by atoms with Crippen LogP contribution in [-0.4, -0.2) is 33.2 Å². The van der Waals surface area contributed by atoms with Crippen LogP contribution in [0.4, 0.5) is 15.2 Å². The summed E-state index contributed by atoms with van der Waals surface area (Å²) in [6.07, 6.45) is 5.01. The van der Waals surface area contributed by atoms with Crippen molar-refractivity contribution >= 4 is 34.0 Å². The molecule has 0 spiro atoms. The Morgan fingerprint density at radius 2 is 1.97 bits per heavy atom. The number of pyridine rings is 1. The number of nitrogens with one attached hydrogen (secondary N) is 2. The van der Waals surface area contributed by atoms with Gasteiger partial charge in [0, 0.05) is 43.0 Å². The van der Waals surface area contributed by atoms with E-state index in [1.165, 1.54) is 34.6 Å². The Morgan fingerprint density at radius 1 is 1.12 bits per heavy atom. The van der Waals surface area contributed by atoms with E-state index in [1.807, 2.05) is 6.07 Å². The van der Waals surface area contributed by atoms with Crippen molar-refractivity contribution in [1.29, 1.82) is 0 Å². The zero-order valence-electron chi connectivity index (χ0n) is 18.1. The van der Waals surface area contributed by atoms with Crippen LogP contribution >= 0.6 is 11.3 Å². The fraction of sp³-hybridized carbons (Fsp3) is 0.167. The van der Waals surface area contributed by atoms with Gasteiger partial charge in [-0.15, -0.1) is 11.3 Å². The SMILES string of the molecule is O=C(CCN(Cc1ccco1)C(=O)c1csc(Nc2ccc(F)cc2)n1)NCc1cccnc1. The number of aromatic nitrogens is 2. The zero-order valence-corrected chi connectivity index (χ0v) is 18.9. The minimum absolute atomic E-state index is 0.123. The topological polar surface area (TPSA) is 100 Å². The maximum absolute atomic E-state index is 13.2. The highest BCUT2D eigenvalue weighted by Crippen LogP contribution is 2.22. The van der Waals surface area contributed by atoms with Crippen LogP contribution in [-0.2, 0) is 17.9 Å². The average Bonchev–Trinajstić information content (AvgIpc) is 3.54. The molecule has 4 rings (SSSR count). The third-order valence-electron chi connectivity index (χ3n) is 4.85. The lowest BCUT2D eigenvalue weighted by atomic mass is 10.2. The highest BCUT2D eigenvalue weighted by atomic mass is 32.1. The summed E-state index contributed by atoms with van der Waals surface area (Å²) in [7, 11) is 0. The molecule has 0 saturated heterocycles. The van der Waals surface area contributed by atoms with Gasteiger partial charge in [0.2, 0.25) is 5.91 Å². The Hall–Kier alpha value is -4.05. The second-order valence-corrected chi connectivity index (χ2v) is 8.22. The van der Waals surface area contributed by atoms with Gasteiger partial charge in [-0.1, -0.05) is 6.07 Å². The van der Waals surface area contributed by atoms with E-state index in [9.17, 15) is 14.0 Å². The van der Waals surface area contributed by atoms with E-state index >= 15 is 0 Å². The number of amides is 2. The molecule has 0 saturated carbocycles. The van der Waals surface area contributed by atoms with Crippen LogP contribution in [0, 0.1) is 5.82 Å². The molecule has 1 aromatic carbocycles. The zero-order chi connectivity index (χ0) is 23.8. The highest BCUT2D eigenvalue weighted by Gasteiger charge is 2.21. The van der Waals surface area contributed by atoms with E-state index in [-0.39, 0.29) is 42.8 Å². The molecule has 0 aliphatic carbocycles. The van der Waals surface area contributed by atoms with Gasteiger partial charge in [0.05, 0.1) is 12.8 Å². The normalized spacial score (nSPS) is 10.6. The molecule has 3 aromatic heterocycles. The van der Waals surface area contributed by atoms with Crippen LogP contribution in [0.3, 0.4) is 0 Å². The van der Waals surface area contributed by atoms with Gasteiger partial charge in [0.1, 0.15) is 17.3 Å². The van der Waals surface area contributed by atoms with Crippen molar-refractivity contribution in [3.8, 4) is 0 Å². The highest BCUT2D eigenvalue weighted by molar-refractivity contribution is 7.14. The van der Waals surface area contributed by atoms with Crippen molar-refractivity contribution in [2.45, 2.75) is 19.5 Å². The summed E-state index contributed by atoms with van der Waals surface area (Å²) in [4.78, 5) is 35.5. The van der Waals surface area contributed by atoms with Crippen LogP contribution in [0.5, 0.6) is 0 Å². The molecule has 0 fully saturated rings. The second kappa shape index (κ2) is 11.2. The number of furan rings is 1. The van der Waals surface area contributed by atoms with Crippen LogP contribution in [0.1, 0.15) is 28.2 Å². The fourth-order valence-corrected chi connectivity index (χ4v) is 3.82.